The van der Waals surface area contributed by atoms with E-state index in [1.54, 1.807) is 49.4 Å². The number of Topliss-reactive ketones (excluding diaryl/α,β-unsaturated/α-hetero) is 2. The Morgan fingerprint density at radius 2 is 1.73 bits per heavy atom. The molecule has 2 amide bonds. The Morgan fingerprint density at radius 1 is 1.07 bits per heavy atom. The molecule has 2 aromatic carbocycles. The number of carbonyl (C=O) groups is 4. The van der Waals surface area contributed by atoms with Crippen LogP contribution in [0.5, 0.6) is 5.75 Å². The average molecular weight is 408 g/mol. The van der Waals surface area contributed by atoms with Gasteiger partial charge in [-0.05, 0) is 62.7 Å². The molecule has 2 aromatic rings. The molecule has 1 aliphatic heterocycles. The molecule has 1 N–H and O–H groups in total. The summed E-state index contributed by atoms with van der Waals surface area (Å²) in [5, 5.41) is 2.73. The number of carbonyl (C=O) groups excluding carboxylic acids is 4. The summed E-state index contributed by atoms with van der Waals surface area (Å²) in [6.07, 6.45) is 0.384. The van der Waals surface area contributed by atoms with Gasteiger partial charge in [0.05, 0.1) is 5.69 Å². The van der Waals surface area contributed by atoms with E-state index in [-0.39, 0.29) is 24.0 Å². The summed E-state index contributed by atoms with van der Waals surface area (Å²) in [6.45, 7) is 4.78. The maximum Gasteiger partial charge on any atom is 0.268 e. The number of anilines is 2. The number of nitrogens with one attached hydrogen (secondary N) is 1. The van der Waals surface area contributed by atoms with Crippen molar-refractivity contribution >= 4 is 34.8 Å². The first-order valence-electron chi connectivity index (χ1n) is 9.86. The third kappa shape index (κ3) is 4.56. The Hall–Kier alpha value is -3.48. The number of benzene rings is 2. The van der Waals surface area contributed by atoms with Gasteiger partial charge < -0.3 is 10.1 Å². The number of amides is 2. The van der Waals surface area contributed by atoms with Crippen molar-refractivity contribution in [2.24, 2.45) is 0 Å². The molecule has 0 radical (unpaired) electrons. The molecule has 0 saturated carbocycles. The smallest absolute Gasteiger partial charge is 0.268 e. The molecule has 1 aliphatic rings. The first-order valence-corrected chi connectivity index (χ1v) is 9.86. The Kier molecular flexibility index (Phi) is 6.30. The standard InChI is InChI=1S/C23H24N2O5/c1-4-5-20(27)17-8-11-21-19(12-17)25(23(29)15(3)30-21)13-22(28)24-18-9-6-16(7-10-18)14(2)26/h6-12,15H,4-5,13H2,1-3H3,(H,24,28). The number of fused-ring (bicyclic) bond motifs is 1. The molecule has 1 unspecified atom stereocenters. The van der Waals surface area contributed by atoms with E-state index in [1.165, 1.54) is 11.8 Å². The van der Waals surface area contributed by atoms with Crippen molar-refractivity contribution in [3.63, 3.8) is 0 Å². The van der Waals surface area contributed by atoms with Gasteiger partial charge in [-0.2, -0.15) is 0 Å². The highest BCUT2D eigenvalue weighted by molar-refractivity contribution is 6.07. The summed E-state index contributed by atoms with van der Waals surface area (Å²) in [7, 11) is 0. The predicted molar refractivity (Wildman–Crippen MR) is 113 cm³/mol. The van der Waals surface area contributed by atoms with E-state index >= 15 is 0 Å². The van der Waals surface area contributed by atoms with Gasteiger partial charge in [0.2, 0.25) is 5.91 Å². The molecule has 0 aromatic heterocycles. The maximum absolute atomic E-state index is 12.7. The van der Waals surface area contributed by atoms with Gasteiger partial charge in [0.1, 0.15) is 12.3 Å². The summed E-state index contributed by atoms with van der Waals surface area (Å²) < 4.78 is 5.64. The lowest BCUT2D eigenvalue weighted by Gasteiger charge is -2.32. The number of hydrogen-bond acceptors (Lipinski definition) is 5. The normalized spacial score (nSPS) is 15.2. The quantitative estimate of drug-likeness (QED) is 0.707. The second-order valence-electron chi connectivity index (χ2n) is 7.22. The lowest BCUT2D eigenvalue weighted by molar-refractivity contribution is -0.127. The van der Waals surface area contributed by atoms with E-state index < -0.39 is 12.0 Å². The Balaban J connectivity index is 1.81. The Morgan fingerprint density at radius 3 is 2.37 bits per heavy atom. The molecule has 7 nitrogen and oxygen atoms in total. The van der Waals surface area contributed by atoms with E-state index in [2.05, 4.69) is 5.32 Å². The topological polar surface area (TPSA) is 92.8 Å². The highest BCUT2D eigenvalue weighted by Gasteiger charge is 2.33. The highest BCUT2D eigenvalue weighted by Crippen LogP contribution is 2.35. The molecule has 30 heavy (non-hydrogen) atoms. The minimum atomic E-state index is -0.739. The molecule has 1 atom stereocenters. The summed E-state index contributed by atoms with van der Waals surface area (Å²) in [4.78, 5) is 50.3. The van der Waals surface area contributed by atoms with Crippen LogP contribution in [0.15, 0.2) is 42.5 Å². The summed E-state index contributed by atoms with van der Waals surface area (Å²) in [5.74, 6) is -0.394. The summed E-state index contributed by atoms with van der Waals surface area (Å²) >= 11 is 0. The predicted octanol–water partition coefficient (Wildman–Crippen LogP) is 3.62. The first-order chi connectivity index (χ1) is 14.3. The molecule has 0 aliphatic carbocycles. The SMILES string of the molecule is CCCC(=O)c1ccc2c(c1)N(CC(=O)Nc1ccc(C(C)=O)cc1)C(=O)C(C)O2. The van der Waals surface area contributed by atoms with Gasteiger partial charge in [-0.25, -0.2) is 0 Å². The number of ketones is 2. The van der Waals surface area contributed by atoms with Crippen LogP contribution in [0.25, 0.3) is 0 Å². The summed E-state index contributed by atoms with van der Waals surface area (Å²) in [5.41, 5.74) is 1.95. The average Bonchev–Trinajstić information content (AvgIpc) is 2.71. The molecule has 1 heterocycles. The van der Waals surface area contributed by atoms with Gasteiger partial charge >= 0.3 is 0 Å². The maximum atomic E-state index is 12.7. The minimum Gasteiger partial charge on any atom is -0.479 e. The first kappa shape index (κ1) is 21.2. The fourth-order valence-corrected chi connectivity index (χ4v) is 3.25. The van der Waals surface area contributed by atoms with Crippen molar-refractivity contribution in [3.8, 4) is 5.75 Å². The van der Waals surface area contributed by atoms with Crippen molar-refractivity contribution in [2.45, 2.75) is 39.7 Å². The van der Waals surface area contributed by atoms with Crippen LogP contribution in [-0.2, 0) is 9.59 Å². The van der Waals surface area contributed by atoms with Crippen LogP contribution < -0.4 is 15.0 Å². The van der Waals surface area contributed by atoms with Gasteiger partial charge in [-0.3, -0.25) is 24.1 Å². The van der Waals surface area contributed by atoms with Crippen molar-refractivity contribution in [3.05, 3.63) is 53.6 Å². The van der Waals surface area contributed by atoms with Crippen molar-refractivity contribution in [1.82, 2.24) is 0 Å². The van der Waals surface area contributed by atoms with E-state index in [0.717, 1.165) is 6.42 Å². The van der Waals surface area contributed by atoms with E-state index in [9.17, 15) is 19.2 Å². The molecule has 0 spiro atoms. The highest BCUT2D eigenvalue weighted by atomic mass is 16.5. The van der Waals surface area contributed by atoms with Crippen LogP contribution in [0.3, 0.4) is 0 Å². The second kappa shape index (κ2) is 8.90. The minimum absolute atomic E-state index is 0.0265. The van der Waals surface area contributed by atoms with Crippen LogP contribution in [0.2, 0.25) is 0 Å². The van der Waals surface area contributed by atoms with Crippen molar-refractivity contribution < 1.29 is 23.9 Å². The van der Waals surface area contributed by atoms with E-state index in [0.29, 0.717) is 34.7 Å². The van der Waals surface area contributed by atoms with Gasteiger partial charge in [0.15, 0.2) is 17.7 Å². The van der Waals surface area contributed by atoms with E-state index in [1.807, 2.05) is 6.92 Å². The van der Waals surface area contributed by atoms with Crippen LogP contribution >= 0.6 is 0 Å². The zero-order valence-electron chi connectivity index (χ0n) is 17.2. The Bertz CT molecular complexity index is 997. The second-order valence-corrected chi connectivity index (χ2v) is 7.22. The Labute approximate surface area is 175 Å². The van der Waals surface area contributed by atoms with Crippen LogP contribution in [-0.4, -0.2) is 36.0 Å². The molecule has 0 saturated heterocycles. The lowest BCUT2D eigenvalue weighted by Crippen LogP contribution is -2.47. The molecule has 156 valence electrons. The fraction of sp³-hybridized carbons (Fsp3) is 0.304. The van der Waals surface area contributed by atoms with Gasteiger partial charge in [-0.15, -0.1) is 0 Å². The van der Waals surface area contributed by atoms with Crippen LogP contribution in [0.1, 0.15) is 54.3 Å². The molecule has 0 fully saturated rings. The number of rotatable bonds is 7. The van der Waals surface area contributed by atoms with Gasteiger partial charge in [-0.1, -0.05) is 6.92 Å². The monoisotopic (exact) mass is 408 g/mol. The largest absolute Gasteiger partial charge is 0.479 e. The fourth-order valence-electron chi connectivity index (χ4n) is 3.25. The third-order valence-corrected chi connectivity index (χ3v) is 4.84. The number of hydrogen-bond donors (Lipinski definition) is 1. The molecule has 3 rings (SSSR count). The lowest BCUT2D eigenvalue weighted by atomic mass is 10.0. The number of nitrogens with zero attached hydrogens (tertiary/aromatic N) is 1. The zero-order valence-corrected chi connectivity index (χ0v) is 17.2. The molecule has 7 heteroatoms. The van der Waals surface area contributed by atoms with Crippen molar-refractivity contribution in [1.29, 1.82) is 0 Å². The molecule has 0 bridgehead atoms. The van der Waals surface area contributed by atoms with Crippen LogP contribution in [0.4, 0.5) is 11.4 Å². The van der Waals surface area contributed by atoms with Gasteiger partial charge in [0.25, 0.3) is 5.91 Å². The zero-order chi connectivity index (χ0) is 21.8. The van der Waals surface area contributed by atoms with E-state index in [4.69, 9.17) is 4.74 Å². The van der Waals surface area contributed by atoms with Crippen molar-refractivity contribution in [2.75, 3.05) is 16.8 Å². The summed E-state index contributed by atoms with van der Waals surface area (Å²) in [6, 6.07) is 11.5. The number of ether oxygens (including phenoxy) is 1. The third-order valence-electron chi connectivity index (χ3n) is 4.84. The molecular weight excluding hydrogens is 384 g/mol. The molecular formula is C23H24N2O5. The van der Waals surface area contributed by atoms with Gasteiger partial charge in [0, 0.05) is 23.2 Å². The van der Waals surface area contributed by atoms with Crippen LogP contribution in [0, 0.1) is 0 Å².